The van der Waals surface area contributed by atoms with Crippen molar-refractivity contribution in [1.82, 2.24) is 9.73 Å². The fourth-order valence-electron chi connectivity index (χ4n) is 3.01. The molecule has 138 valence electrons. The summed E-state index contributed by atoms with van der Waals surface area (Å²) >= 11 is 0. The third-order valence-corrected chi connectivity index (χ3v) is 5.52. The molecule has 1 aromatic carbocycles. The molecule has 0 aliphatic heterocycles. The number of sulfonamides is 1. The Bertz CT molecular complexity index is 712. The van der Waals surface area contributed by atoms with Crippen LogP contribution in [0.1, 0.15) is 37.7 Å². The van der Waals surface area contributed by atoms with Crippen LogP contribution in [0.2, 0.25) is 0 Å². The van der Waals surface area contributed by atoms with Crippen LogP contribution < -0.4 is 10.2 Å². The van der Waals surface area contributed by atoms with Gasteiger partial charge in [-0.15, -0.1) is 0 Å². The topological polar surface area (TPSA) is 88.1 Å². The molecule has 2 rings (SSSR count). The van der Waals surface area contributed by atoms with Crippen molar-refractivity contribution < 1.29 is 17.9 Å². The zero-order valence-corrected chi connectivity index (χ0v) is 15.5. The molecule has 8 heteroatoms. The van der Waals surface area contributed by atoms with E-state index in [2.05, 4.69) is 10.5 Å². The van der Waals surface area contributed by atoms with Crippen LogP contribution in [0, 0.1) is 0 Å². The molecule has 0 radical (unpaired) electrons. The quantitative estimate of drug-likeness (QED) is 0.587. The molecule has 1 saturated carbocycles. The highest BCUT2D eigenvalue weighted by molar-refractivity contribution is 7.88. The Morgan fingerprint density at radius 3 is 2.64 bits per heavy atom. The number of amides is 1. The van der Waals surface area contributed by atoms with Gasteiger partial charge in [0.05, 0.1) is 26.1 Å². The first-order valence-electron chi connectivity index (χ1n) is 8.33. The van der Waals surface area contributed by atoms with E-state index < -0.39 is 15.9 Å². The van der Waals surface area contributed by atoms with Gasteiger partial charge in [-0.3, -0.25) is 4.79 Å². The second-order valence-corrected chi connectivity index (χ2v) is 8.07. The average molecular weight is 367 g/mol. The molecule has 0 spiro atoms. The summed E-state index contributed by atoms with van der Waals surface area (Å²) in [4.78, 5) is 12.1. The van der Waals surface area contributed by atoms with Crippen molar-refractivity contribution in [3.63, 3.8) is 0 Å². The number of hydrogen-bond acceptors (Lipinski definition) is 5. The largest absolute Gasteiger partial charge is 0.496 e. The maximum atomic E-state index is 12.1. The van der Waals surface area contributed by atoms with E-state index in [0.717, 1.165) is 43.9 Å². The molecular formula is C17H25N3O4S. The van der Waals surface area contributed by atoms with Crippen LogP contribution in [-0.2, 0) is 14.8 Å². The van der Waals surface area contributed by atoms with E-state index in [0.29, 0.717) is 5.75 Å². The van der Waals surface area contributed by atoms with Crippen LogP contribution in [0.3, 0.4) is 0 Å². The molecule has 1 aliphatic carbocycles. The van der Waals surface area contributed by atoms with Gasteiger partial charge in [-0.1, -0.05) is 31.4 Å². The second kappa shape index (κ2) is 8.96. The standard InChI is InChI=1S/C17H25N3O4S/c1-24-16-11-7-6-8-14(16)12-18-19-17(21)13-20(25(2,22)23)15-9-4-3-5-10-15/h6-8,11-12,15H,3-5,9-10,13H2,1-2H3,(H,19,21). The Balaban J connectivity index is 1.98. The molecule has 1 amide bonds. The average Bonchev–Trinajstić information content (AvgIpc) is 2.60. The molecule has 25 heavy (non-hydrogen) atoms. The van der Waals surface area contributed by atoms with E-state index in [1.165, 1.54) is 10.5 Å². The van der Waals surface area contributed by atoms with Gasteiger partial charge >= 0.3 is 0 Å². The predicted octanol–water partition coefficient (Wildman–Crippen LogP) is 1.74. The summed E-state index contributed by atoms with van der Waals surface area (Å²) in [6, 6.07) is 7.16. The normalized spacial score (nSPS) is 16.3. The molecule has 0 atom stereocenters. The number of methoxy groups -OCH3 is 1. The van der Waals surface area contributed by atoms with Gasteiger partial charge < -0.3 is 4.74 Å². The maximum Gasteiger partial charge on any atom is 0.255 e. The first-order chi connectivity index (χ1) is 11.9. The summed E-state index contributed by atoms with van der Waals surface area (Å²) < 4.78 is 30.6. The molecule has 0 aromatic heterocycles. The lowest BCUT2D eigenvalue weighted by atomic mass is 9.95. The number of hydrogen-bond donors (Lipinski definition) is 1. The molecule has 0 heterocycles. The van der Waals surface area contributed by atoms with Crippen LogP contribution in [0.4, 0.5) is 0 Å². The zero-order chi connectivity index (χ0) is 18.3. The fraction of sp³-hybridized carbons (Fsp3) is 0.529. The summed E-state index contributed by atoms with van der Waals surface area (Å²) in [5, 5.41) is 3.90. The summed E-state index contributed by atoms with van der Waals surface area (Å²) in [7, 11) is -1.89. The Morgan fingerprint density at radius 1 is 1.32 bits per heavy atom. The van der Waals surface area contributed by atoms with Gasteiger partial charge in [0.25, 0.3) is 5.91 Å². The number of rotatable bonds is 7. The van der Waals surface area contributed by atoms with Crippen molar-refractivity contribution in [3.8, 4) is 5.75 Å². The van der Waals surface area contributed by atoms with E-state index in [4.69, 9.17) is 4.74 Å². The van der Waals surface area contributed by atoms with Crippen LogP contribution in [0.15, 0.2) is 29.4 Å². The van der Waals surface area contributed by atoms with Crippen LogP contribution in [-0.4, -0.2) is 50.8 Å². The first-order valence-corrected chi connectivity index (χ1v) is 10.2. The van der Waals surface area contributed by atoms with Crippen LogP contribution >= 0.6 is 0 Å². The molecular weight excluding hydrogens is 342 g/mol. The Labute approximate surface area is 149 Å². The summed E-state index contributed by atoms with van der Waals surface area (Å²) in [6.45, 7) is -0.216. The lowest BCUT2D eigenvalue weighted by Crippen LogP contribution is -2.45. The van der Waals surface area contributed by atoms with E-state index in [-0.39, 0.29) is 12.6 Å². The van der Waals surface area contributed by atoms with E-state index in [9.17, 15) is 13.2 Å². The molecule has 1 N–H and O–H groups in total. The third-order valence-electron chi connectivity index (χ3n) is 4.24. The molecule has 1 fully saturated rings. The summed E-state index contributed by atoms with van der Waals surface area (Å²) in [5.41, 5.74) is 3.11. The fourth-order valence-corrected chi connectivity index (χ4v) is 4.11. The highest BCUT2D eigenvalue weighted by Gasteiger charge is 2.29. The highest BCUT2D eigenvalue weighted by atomic mass is 32.2. The van der Waals surface area contributed by atoms with E-state index in [1.54, 1.807) is 19.2 Å². The number of carbonyl (C=O) groups is 1. The number of hydrazone groups is 1. The second-order valence-electron chi connectivity index (χ2n) is 6.14. The number of ether oxygens (including phenoxy) is 1. The minimum absolute atomic E-state index is 0.104. The molecule has 0 unspecified atom stereocenters. The minimum atomic E-state index is -3.45. The first kappa shape index (κ1) is 19.4. The summed E-state index contributed by atoms with van der Waals surface area (Å²) in [6.07, 6.45) is 7.31. The van der Waals surface area contributed by atoms with Gasteiger partial charge in [-0.25, -0.2) is 13.8 Å². The van der Waals surface area contributed by atoms with Gasteiger partial charge in [0.1, 0.15) is 5.75 Å². The Hall–Kier alpha value is -1.93. The Morgan fingerprint density at radius 2 is 2.00 bits per heavy atom. The maximum absolute atomic E-state index is 12.1. The van der Waals surface area contributed by atoms with Gasteiger partial charge in [-0.05, 0) is 25.0 Å². The van der Waals surface area contributed by atoms with Crippen molar-refractivity contribution in [2.24, 2.45) is 5.10 Å². The third kappa shape index (κ3) is 5.82. The number of nitrogens with zero attached hydrogens (tertiary/aromatic N) is 2. The molecule has 1 aromatic rings. The smallest absolute Gasteiger partial charge is 0.255 e. The van der Waals surface area contributed by atoms with E-state index in [1.807, 2.05) is 12.1 Å². The van der Waals surface area contributed by atoms with Crippen LogP contribution in [0.5, 0.6) is 5.75 Å². The van der Waals surface area contributed by atoms with Crippen molar-refractivity contribution in [1.29, 1.82) is 0 Å². The molecule has 0 bridgehead atoms. The Kier molecular flexibility index (Phi) is 6.95. The van der Waals surface area contributed by atoms with Gasteiger partial charge in [0.2, 0.25) is 10.0 Å². The SMILES string of the molecule is COc1ccccc1C=NNC(=O)CN(C1CCCCC1)S(C)(=O)=O. The lowest BCUT2D eigenvalue weighted by molar-refractivity contribution is -0.121. The van der Waals surface area contributed by atoms with Gasteiger partial charge in [0, 0.05) is 11.6 Å². The van der Waals surface area contributed by atoms with Crippen molar-refractivity contribution in [2.45, 2.75) is 38.1 Å². The molecule has 7 nitrogen and oxygen atoms in total. The van der Waals surface area contributed by atoms with Crippen LogP contribution in [0.25, 0.3) is 0 Å². The zero-order valence-electron chi connectivity index (χ0n) is 14.6. The van der Waals surface area contributed by atoms with E-state index >= 15 is 0 Å². The summed E-state index contributed by atoms with van der Waals surface area (Å²) in [5.74, 6) is 0.183. The number of nitrogens with one attached hydrogen (secondary N) is 1. The van der Waals surface area contributed by atoms with Crippen molar-refractivity contribution >= 4 is 22.1 Å². The number of carbonyl (C=O) groups excluding carboxylic acids is 1. The van der Waals surface area contributed by atoms with Gasteiger partial charge in [0.15, 0.2) is 0 Å². The van der Waals surface area contributed by atoms with Crippen molar-refractivity contribution in [3.05, 3.63) is 29.8 Å². The number of para-hydroxylation sites is 1. The van der Waals surface area contributed by atoms with Crippen molar-refractivity contribution in [2.75, 3.05) is 19.9 Å². The highest BCUT2D eigenvalue weighted by Crippen LogP contribution is 2.24. The molecule has 1 aliphatic rings. The van der Waals surface area contributed by atoms with Gasteiger partial charge in [-0.2, -0.15) is 9.41 Å². The predicted molar refractivity (Wildman–Crippen MR) is 97.2 cm³/mol. The lowest BCUT2D eigenvalue weighted by Gasteiger charge is -2.31. The monoisotopic (exact) mass is 367 g/mol. The minimum Gasteiger partial charge on any atom is -0.496 e. The molecule has 0 saturated heterocycles. The number of benzene rings is 1.